The molecule has 4 heterocycles. The van der Waals surface area contributed by atoms with E-state index >= 15 is 0 Å². The van der Waals surface area contributed by atoms with Gasteiger partial charge in [-0.1, -0.05) is 18.2 Å². The highest BCUT2D eigenvalue weighted by molar-refractivity contribution is 7.22. The first-order valence-electron chi connectivity index (χ1n) is 12.8. The van der Waals surface area contributed by atoms with Crippen molar-refractivity contribution in [2.24, 2.45) is 0 Å². The second kappa shape index (κ2) is 10.5. The lowest BCUT2D eigenvalue weighted by atomic mass is 10.1. The monoisotopic (exact) mass is 566 g/mol. The van der Waals surface area contributed by atoms with Gasteiger partial charge in [0.05, 0.1) is 36.2 Å². The van der Waals surface area contributed by atoms with Gasteiger partial charge in [0, 0.05) is 25.6 Å². The Morgan fingerprint density at radius 3 is 2.62 bits per heavy atom. The minimum absolute atomic E-state index is 0.0203. The Morgan fingerprint density at radius 2 is 2.00 bits per heavy atom. The first kappa shape index (κ1) is 27.5. The summed E-state index contributed by atoms with van der Waals surface area (Å²) >= 11 is 1.22. The van der Waals surface area contributed by atoms with Crippen LogP contribution < -0.4 is 16.0 Å². The van der Waals surface area contributed by atoms with E-state index in [1.165, 1.54) is 49.1 Å². The molecular formula is C28H30N4O7S. The summed E-state index contributed by atoms with van der Waals surface area (Å²) in [5, 5.41) is 0.304. The van der Waals surface area contributed by atoms with Crippen molar-refractivity contribution in [3.8, 4) is 16.5 Å². The average Bonchev–Trinajstić information content (AvgIpc) is 3.55. The summed E-state index contributed by atoms with van der Waals surface area (Å²) in [6.07, 6.45) is 2.61. The van der Waals surface area contributed by atoms with E-state index in [2.05, 4.69) is 4.98 Å². The number of oxazole rings is 1. The summed E-state index contributed by atoms with van der Waals surface area (Å²) in [5.41, 5.74) is -1.30. The zero-order chi connectivity index (χ0) is 28.8. The van der Waals surface area contributed by atoms with Crippen LogP contribution in [0.25, 0.3) is 21.0 Å². The van der Waals surface area contributed by atoms with Crippen molar-refractivity contribution in [2.75, 3.05) is 20.2 Å². The van der Waals surface area contributed by atoms with Crippen molar-refractivity contribution in [3.05, 3.63) is 68.7 Å². The van der Waals surface area contributed by atoms with Crippen LogP contribution in [0.15, 0.2) is 50.7 Å². The third-order valence-electron chi connectivity index (χ3n) is 7.19. The zero-order valence-corrected chi connectivity index (χ0v) is 23.7. The summed E-state index contributed by atoms with van der Waals surface area (Å²) in [5.74, 6) is 0.862. The fraction of sp³-hybridized carbons (Fsp3) is 0.393. The molecule has 11 nitrogen and oxygen atoms in total. The summed E-state index contributed by atoms with van der Waals surface area (Å²) in [7, 11) is 1.55. The number of likely N-dealkylation sites (tertiary alicyclic amines) is 1. The molecule has 0 N–H and O–H groups in total. The molecule has 0 radical (unpaired) electrons. The summed E-state index contributed by atoms with van der Waals surface area (Å²) in [4.78, 5) is 58.6. The molecule has 0 bridgehead atoms. The summed E-state index contributed by atoms with van der Waals surface area (Å²) in [6, 6.07) is 7.35. The Labute approximate surface area is 233 Å². The van der Waals surface area contributed by atoms with E-state index in [1.54, 1.807) is 25.0 Å². The maximum atomic E-state index is 14.0. The van der Waals surface area contributed by atoms with Crippen LogP contribution in [0.3, 0.4) is 0 Å². The van der Waals surface area contributed by atoms with E-state index in [0.717, 1.165) is 4.57 Å². The van der Waals surface area contributed by atoms with Crippen molar-refractivity contribution in [1.29, 1.82) is 0 Å². The van der Waals surface area contributed by atoms with Crippen molar-refractivity contribution in [3.63, 3.8) is 0 Å². The van der Waals surface area contributed by atoms with Gasteiger partial charge in [-0.3, -0.25) is 14.2 Å². The van der Waals surface area contributed by atoms with E-state index in [4.69, 9.17) is 13.9 Å². The van der Waals surface area contributed by atoms with E-state index in [9.17, 15) is 19.2 Å². The SMILES string of the molecule is COc1ccccc1C(Cn1c(=O)n(C(C)(C)C=O)c(=O)c2c(C)c(-c3ncco3)sc21)OC1CN(C(C)=O)C1. The molecule has 0 spiro atoms. The Kier molecular flexibility index (Phi) is 7.23. The number of fused-ring (bicyclic) bond motifs is 1. The van der Waals surface area contributed by atoms with E-state index in [-0.39, 0.29) is 18.6 Å². The smallest absolute Gasteiger partial charge is 0.333 e. The lowest BCUT2D eigenvalue weighted by molar-refractivity contribution is -0.148. The highest BCUT2D eigenvalue weighted by Crippen LogP contribution is 2.37. The molecule has 3 aromatic heterocycles. The quantitative estimate of drug-likeness (QED) is 0.283. The number of rotatable bonds is 9. The molecule has 5 rings (SSSR count). The average molecular weight is 567 g/mol. The molecule has 40 heavy (non-hydrogen) atoms. The number of aromatic nitrogens is 3. The highest BCUT2D eigenvalue weighted by Gasteiger charge is 2.35. The number of carbonyl (C=O) groups is 2. The Bertz CT molecular complexity index is 1690. The number of carbonyl (C=O) groups excluding carboxylic acids is 2. The molecule has 0 aliphatic carbocycles. The van der Waals surface area contributed by atoms with Crippen LogP contribution in [0, 0.1) is 6.92 Å². The van der Waals surface area contributed by atoms with Gasteiger partial charge in [0.1, 0.15) is 34.8 Å². The van der Waals surface area contributed by atoms with Crippen molar-refractivity contribution < 1.29 is 23.5 Å². The number of amides is 1. The Morgan fingerprint density at radius 1 is 1.27 bits per heavy atom. The first-order valence-corrected chi connectivity index (χ1v) is 13.6. The van der Waals surface area contributed by atoms with Gasteiger partial charge in [0.2, 0.25) is 11.8 Å². The minimum Gasteiger partial charge on any atom is -0.496 e. The molecule has 4 aromatic rings. The third-order valence-corrected chi connectivity index (χ3v) is 8.49. The molecule has 1 saturated heterocycles. The van der Waals surface area contributed by atoms with Gasteiger partial charge < -0.3 is 23.6 Å². The maximum absolute atomic E-state index is 14.0. The van der Waals surface area contributed by atoms with Crippen molar-refractivity contribution >= 4 is 33.7 Å². The van der Waals surface area contributed by atoms with Gasteiger partial charge in [-0.25, -0.2) is 14.3 Å². The molecule has 1 aromatic carbocycles. The lowest BCUT2D eigenvalue weighted by Gasteiger charge is -2.40. The highest BCUT2D eigenvalue weighted by atomic mass is 32.1. The van der Waals surface area contributed by atoms with Crippen molar-refractivity contribution in [2.45, 2.75) is 52.0 Å². The number of aldehydes is 1. The molecule has 1 atom stereocenters. The van der Waals surface area contributed by atoms with E-state index < -0.39 is 22.9 Å². The number of nitrogens with zero attached hydrogens (tertiary/aromatic N) is 4. The molecule has 210 valence electrons. The molecule has 0 saturated carbocycles. The molecule has 1 fully saturated rings. The summed E-state index contributed by atoms with van der Waals surface area (Å²) in [6.45, 7) is 7.19. The molecule has 1 unspecified atom stereocenters. The molecule has 1 amide bonds. The van der Waals surface area contributed by atoms with Gasteiger partial charge >= 0.3 is 5.69 Å². The van der Waals surface area contributed by atoms with Gasteiger partial charge in [-0.15, -0.1) is 11.3 Å². The van der Waals surface area contributed by atoms with Crippen LogP contribution in [0.1, 0.15) is 38.0 Å². The number of para-hydroxylation sites is 1. The number of hydrogen-bond acceptors (Lipinski definition) is 9. The number of benzene rings is 1. The number of ether oxygens (including phenoxy) is 2. The molecule has 1 aliphatic heterocycles. The number of thiophene rings is 1. The molecule has 1 aliphatic rings. The van der Waals surface area contributed by atoms with Crippen LogP contribution in [0.4, 0.5) is 0 Å². The number of hydrogen-bond donors (Lipinski definition) is 0. The van der Waals surface area contributed by atoms with Crippen molar-refractivity contribution in [1.82, 2.24) is 19.0 Å². The normalized spacial score (nSPS) is 14.8. The van der Waals surface area contributed by atoms with Gasteiger partial charge in [0.25, 0.3) is 5.56 Å². The fourth-order valence-corrected chi connectivity index (χ4v) is 6.18. The topological polar surface area (TPSA) is 126 Å². The van der Waals surface area contributed by atoms with Crippen LogP contribution in [-0.4, -0.2) is 57.5 Å². The Hall–Kier alpha value is -4.03. The van der Waals surface area contributed by atoms with Gasteiger partial charge in [0.15, 0.2) is 0 Å². The lowest BCUT2D eigenvalue weighted by Crippen LogP contribution is -2.54. The second-order valence-corrected chi connectivity index (χ2v) is 11.3. The maximum Gasteiger partial charge on any atom is 0.333 e. The third kappa shape index (κ3) is 4.66. The van der Waals surface area contributed by atoms with Crippen LogP contribution in [0.5, 0.6) is 5.75 Å². The summed E-state index contributed by atoms with van der Waals surface area (Å²) < 4.78 is 20.1. The molecule has 12 heteroatoms. The van der Waals surface area contributed by atoms with E-state index in [1.807, 2.05) is 18.2 Å². The minimum atomic E-state index is -1.40. The zero-order valence-electron chi connectivity index (χ0n) is 22.9. The van der Waals surface area contributed by atoms with Gasteiger partial charge in [-0.2, -0.15) is 0 Å². The largest absolute Gasteiger partial charge is 0.496 e. The van der Waals surface area contributed by atoms with Crippen LogP contribution in [0.2, 0.25) is 0 Å². The van der Waals surface area contributed by atoms with Gasteiger partial charge in [-0.05, 0) is 32.4 Å². The molecular weight excluding hydrogens is 536 g/mol. The van der Waals surface area contributed by atoms with Crippen LogP contribution >= 0.6 is 11.3 Å². The Balaban J connectivity index is 1.71. The standard InChI is InChI=1S/C28H30N4O7S/c1-16-22-25(35)32(28(3,4)15-33)27(36)31(26(22)40-23(16)24-29-10-11-38-24)14-21(19-8-6-7-9-20(19)37-5)39-18-12-30(13-18)17(2)34/h6-11,15,18,21H,12-14H2,1-5H3. The van der Waals surface area contributed by atoms with Crippen LogP contribution in [-0.2, 0) is 26.4 Å². The predicted octanol–water partition coefficient (Wildman–Crippen LogP) is 3.12. The predicted molar refractivity (Wildman–Crippen MR) is 149 cm³/mol. The second-order valence-electron chi connectivity index (χ2n) is 10.3. The fourth-order valence-electron chi connectivity index (χ4n) is 4.93. The first-order chi connectivity index (χ1) is 19.1. The number of methoxy groups -OCH3 is 1. The van der Waals surface area contributed by atoms with E-state index in [0.29, 0.717) is 57.2 Å². The number of aryl methyl sites for hydroxylation is 1.